The number of halogens is 1. The van der Waals surface area contributed by atoms with Gasteiger partial charge in [-0.15, -0.1) is 0 Å². The summed E-state index contributed by atoms with van der Waals surface area (Å²) in [7, 11) is -1.06. The van der Waals surface area contributed by atoms with Crippen LogP contribution in [0.5, 0.6) is 0 Å². The van der Waals surface area contributed by atoms with E-state index < -0.39 is 22.5 Å². The molecule has 0 bridgehead atoms. The minimum atomic E-state index is -1.06. The number of hydrogen-bond donors (Lipinski definition) is 1. The van der Waals surface area contributed by atoms with Crippen LogP contribution in [0.3, 0.4) is 0 Å². The van der Waals surface area contributed by atoms with Crippen molar-refractivity contribution in [3.63, 3.8) is 0 Å². The van der Waals surface area contributed by atoms with E-state index in [4.69, 9.17) is 4.74 Å². The summed E-state index contributed by atoms with van der Waals surface area (Å²) in [6.07, 6.45) is 3.97. The van der Waals surface area contributed by atoms with Crippen LogP contribution in [0.25, 0.3) is 17.2 Å². The van der Waals surface area contributed by atoms with Gasteiger partial charge in [-0.05, 0) is 97.9 Å². The van der Waals surface area contributed by atoms with E-state index in [1.165, 1.54) is 12.1 Å². The summed E-state index contributed by atoms with van der Waals surface area (Å²) in [5.74, 6) is -0.413. The SMILES string of the molecule is CC1=C(CC(=O)N2CCC(NC(=O)OC(C)(C)C)C2)c2cc(F)ccc2/C1=C\c1ccc(S(C)=O)cc1. The summed E-state index contributed by atoms with van der Waals surface area (Å²) in [4.78, 5) is 27.9. The number of benzene rings is 2. The molecule has 0 spiro atoms. The highest BCUT2D eigenvalue weighted by atomic mass is 32.2. The monoisotopic (exact) mass is 524 g/mol. The molecule has 1 fully saturated rings. The summed E-state index contributed by atoms with van der Waals surface area (Å²) in [5.41, 5.74) is 4.63. The van der Waals surface area contributed by atoms with Crippen molar-refractivity contribution >= 4 is 40.0 Å². The van der Waals surface area contributed by atoms with Gasteiger partial charge >= 0.3 is 6.09 Å². The Morgan fingerprint density at radius 3 is 2.51 bits per heavy atom. The average Bonchev–Trinajstić information content (AvgIpc) is 3.36. The second kappa shape index (κ2) is 10.6. The zero-order valence-corrected chi connectivity index (χ0v) is 22.7. The Morgan fingerprint density at radius 1 is 1.16 bits per heavy atom. The Balaban J connectivity index is 1.53. The summed E-state index contributed by atoms with van der Waals surface area (Å²) in [5, 5.41) is 2.85. The van der Waals surface area contributed by atoms with Gasteiger partial charge in [0.1, 0.15) is 11.4 Å². The lowest BCUT2D eigenvalue weighted by Crippen LogP contribution is -2.41. The van der Waals surface area contributed by atoms with E-state index in [1.54, 1.807) is 38.0 Å². The van der Waals surface area contributed by atoms with Crippen molar-refractivity contribution in [3.05, 3.63) is 70.5 Å². The van der Waals surface area contributed by atoms with E-state index in [-0.39, 0.29) is 24.2 Å². The molecule has 1 aliphatic carbocycles. The van der Waals surface area contributed by atoms with Gasteiger partial charge in [0.15, 0.2) is 0 Å². The van der Waals surface area contributed by atoms with Gasteiger partial charge in [-0.2, -0.15) is 0 Å². The molecule has 8 heteroatoms. The molecule has 196 valence electrons. The van der Waals surface area contributed by atoms with Crippen LogP contribution in [-0.4, -0.2) is 52.1 Å². The zero-order valence-electron chi connectivity index (χ0n) is 21.9. The molecular formula is C29H33FN2O4S. The van der Waals surface area contributed by atoms with Crippen LogP contribution in [0.4, 0.5) is 9.18 Å². The molecule has 2 atom stereocenters. The van der Waals surface area contributed by atoms with E-state index in [2.05, 4.69) is 5.32 Å². The van der Waals surface area contributed by atoms with Gasteiger partial charge in [0, 0.05) is 35.0 Å². The van der Waals surface area contributed by atoms with Crippen LogP contribution in [0.1, 0.15) is 57.2 Å². The number of fused-ring (bicyclic) bond motifs is 1. The van der Waals surface area contributed by atoms with Gasteiger partial charge in [-0.25, -0.2) is 9.18 Å². The fourth-order valence-electron chi connectivity index (χ4n) is 4.75. The number of alkyl carbamates (subject to hydrolysis) is 1. The predicted molar refractivity (Wildman–Crippen MR) is 145 cm³/mol. The Morgan fingerprint density at radius 2 is 1.86 bits per heavy atom. The lowest BCUT2D eigenvalue weighted by Gasteiger charge is -2.22. The highest BCUT2D eigenvalue weighted by Crippen LogP contribution is 2.44. The van der Waals surface area contributed by atoms with Gasteiger partial charge in [0.25, 0.3) is 0 Å². The molecule has 2 aromatic carbocycles. The number of hydrogen-bond acceptors (Lipinski definition) is 4. The summed E-state index contributed by atoms with van der Waals surface area (Å²) in [6.45, 7) is 8.32. The van der Waals surface area contributed by atoms with E-state index in [9.17, 15) is 18.2 Å². The number of ether oxygens (including phenoxy) is 1. The largest absolute Gasteiger partial charge is 0.444 e. The third kappa shape index (κ3) is 6.36. The number of allylic oxidation sites excluding steroid dienone is 2. The Bertz CT molecular complexity index is 1310. The van der Waals surface area contributed by atoms with E-state index in [1.807, 2.05) is 37.3 Å². The maximum atomic E-state index is 14.2. The van der Waals surface area contributed by atoms with Crippen molar-refractivity contribution in [2.45, 2.75) is 57.1 Å². The summed E-state index contributed by atoms with van der Waals surface area (Å²) >= 11 is 0. The first kappa shape index (κ1) is 26.8. The second-order valence-electron chi connectivity index (χ2n) is 10.5. The molecule has 1 aliphatic heterocycles. The molecule has 2 amide bonds. The van der Waals surface area contributed by atoms with Crippen molar-refractivity contribution in [2.75, 3.05) is 19.3 Å². The van der Waals surface area contributed by atoms with Gasteiger partial charge in [0.2, 0.25) is 5.91 Å². The van der Waals surface area contributed by atoms with Crippen LogP contribution >= 0.6 is 0 Å². The molecule has 1 saturated heterocycles. The van der Waals surface area contributed by atoms with Gasteiger partial charge in [-0.3, -0.25) is 9.00 Å². The molecule has 2 aliphatic rings. The first-order valence-electron chi connectivity index (χ1n) is 12.3. The number of nitrogens with zero attached hydrogens (tertiary/aromatic N) is 1. The van der Waals surface area contributed by atoms with Crippen molar-refractivity contribution in [1.82, 2.24) is 10.2 Å². The van der Waals surface area contributed by atoms with Crippen LogP contribution in [0.2, 0.25) is 0 Å². The quantitative estimate of drug-likeness (QED) is 0.568. The molecule has 0 saturated carbocycles. The molecular weight excluding hydrogens is 491 g/mol. The maximum absolute atomic E-state index is 14.2. The maximum Gasteiger partial charge on any atom is 0.407 e. The Hall–Kier alpha value is -3.26. The van der Waals surface area contributed by atoms with Crippen LogP contribution in [-0.2, 0) is 20.3 Å². The normalized spacial score (nSPS) is 19.2. The molecule has 6 nitrogen and oxygen atoms in total. The van der Waals surface area contributed by atoms with Crippen LogP contribution in [0, 0.1) is 5.82 Å². The number of carbonyl (C=O) groups excluding carboxylic acids is 2. The number of nitrogens with one attached hydrogen (secondary N) is 1. The first-order valence-corrected chi connectivity index (χ1v) is 13.9. The lowest BCUT2D eigenvalue weighted by atomic mass is 10.0. The first-order chi connectivity index (χ1) is 17.4. The van der Waals surface area contributed by atoms with Crippen molar-refractivity contribution in [3.8, 4) is 0 Å². The highest BCUT2D eigenvalue weighted by molar-refractivity contribution is 7.84. The molecule has 1 N–H and O–H groups in total. The molecule has 2 unspecified atom stereocenters. The molecule has 37 heavy (non-hydrogen) atoms. The number of rotatable bonds is 5. The molecule has 0 aromatic heterocycles. The van der Waals surface area contributed by atoms with Gasteiger partial charge < -0.3 is 15.0 Å². The number of likely N-dealkylation sites (tertiary alicyclic amines) is 1. The third-order valence-corrected chi connectivity index (χ3v) is 7.50. The average molecular weight is 525 g/mol. The molecule has 0 radical (unpaired) electrons. The fourth-order valence-corrected chi connectivity index (χ4v) is 5.26. The van der Waals surface area contributed by atoms with Crippen LogP contribution in [0.15, 0.2) is 52.9 Å². The standard InChI is InChI=1S/C29H33FN2O4S/c1-18-24(14-19-6-9-22(10-7-19)37(5)35)23-11-8-20(30)15-26(23)25(18)16-27(33)32-13-12-21(17-32)31-28(34)36-29(2,3)4/h6-11,14-15,21H,12-13,16-17H2,1-5H3,(H,31,34)/b24-14-. The van der Waals surface area contributed by atoms with Gasteiger partial charge in [0.05, 0.1) is 12.5 Å². The van der Waals surface area contributed by atoms with E-state index in [0.29, 0.717) is 19.5 Å². The summed E-state index contributed by atoms with van der Waals surface area (Å²) in [6, 6.07) is 12.0. The van der Waals surface area contributed by atoms with Crippen LogP contribution < -0.4 is 5.32 Å². The van der Waals surface area contributed by atoms with Gasteiger partial charge in [-0.1, -0.05) is 18.2 Å². The molecule has 4 rings (SSSR count). The number of carbonyl (C=O) groups is 2. The smallest absolute Gasteiger partial charge is 0.407 e. The fraction of sp³-hybridized carbons (Fsp3) is 0.379. The van der Waals surface area contributed by atoms with E-state index in [0.717, 1.165) is 38.3 Å². The zero-order chi connectivity index (χ0) is 26.9. The highest BCUT2D eigenvalue weighted by Gasteiger charge is 2.32. The number of amides is 2. The van der Waals surface area contributed by atoms with E-state index >= 15 is 0 Å². The minimum absolute atomic E-state index is 0.0610. The Labute approximate surface area is 220 Å². The minimum Gasteiger partial charge on any atom is -0.444 e. The van der Waals surface area contributed by atoms with Crippen molar-refractivity contribution < 1.29 is 22.9 Å². The lowest BCUT2D eigenvalue weighted by molar-refractivity contribution is -0.129. The topological polar surface area (TPSA) is 75.7 Å². The van der Waals surface area contributed by atoms with Crippen molar-refractivity contribution in [1.29, 1.82) is 0 Å². The summed E-state index contributed by atoms with van der Waals surface area (Å²) < 4.78 is 31.3. The van der Waals surface area contributed by atoms with Crippen molar-refractivity contribution in [2.24, 2.45) is 0 Å². The Kier molecular flexibility index (Phi) is 7.69. The third-order valence-electron chi connectivity index (χ3n) is 6.57. The molecule has 1 heterocycles. The second-order valence-corrected chi connectivity index (χ2v) is 11.9. The molecule has 2 aromatic rings. The predicted octanol–water partition coefficient (Wildman–Crippen LogP) is 5.41.